The summed E-state index contributed by atoms with van der Waals surface area (Å²) in [7, 11) is 0. The van der Waals surface area contributed by atoms with Crippen molar-refractivity contribution < 1.29 is 18.0 Å². The molecule has 11 heteroatoms. The summed E-state index contributed by atoms with van der Waals surface area (Å²) in [5, 5.41) is 15.5. The Hall–Kier alpha value is -3.91. The lowest BCUT2D eigenvalue weighted by atomic mass is 10.1. The quantitative estimate of drug-likeness (QED) is 0.297. The van der Waals surface area contributed by atoms with Gasteiger partial charge in [-0.15, -0.1) is 0 Å². The third kappa shape index (κ3) is 8.81. The molecule has 3 aromatic rings. The normalized spacial score (nSPS) is 11.9. The van der Waals surface area contributed by atoms with E-state index in [0.717, 1.165) is 18.1 Å². The van der Waals surface area contributed by atoms with Gasteiger partial charge in [0.25, 0.3) is 0 Å². The van der Waals surface area contributed by atoms with E-state index in [1.807, 2.05) is 30.5 Å². The number of hydrogen-bond donors (Lipinski definition) is 2. The SMILES string of the molecule is CCCNC(=S)N(Cc1ccccc1C(F)(F)F)C[C@H](CC)NC(=O)Cc1cncn1Cc1ccc(C#N)cc1. The van der Waals surface area contributed by atoms with Crippen LogP contribution in [0.3, 0.4) is 0 Å². The van der Waals surface area contributed by atoms with E-state index in [-0.39, 0.29) is 37.0 Å². The molecule has 0 unspecified atom stereocenters. The van der Waals surface area contributed by atoms with Crippen LogP contribution in [0.25, 0.3) is 0 Å². The number of carbonyl (C=O) groups excluding carboxylic acids is 1. The van der Waals surface area contributed by atoms with Crippen LogP contribution < -0.4 is 10.6 Å². The zero-order chi connectivity index (χ0) is 29.1. The van der Waals surface area contributed by atoms with E-state index in [1.165, 1.54) is 12.1 Å². The summed E-state index contributed by atoms with van der Waals surface area (Å²) in [6, 6.07) is 14.4. The molecule has 0 bridgehead atoms. The van der Waals surface area contributed by atoms with Gasteiger partial charge in [0.1, 0.15) is 0 Å². The molecule has 1 amide bonds. The van der Waals surface area contributed by atoms with Gasteiger partial charge in [-0.1, -0.05) is 44.2 Å². The molecule has 0 saturated carbocycles. The van der Waals surface area contributed by atoms with Crippen molar-refractivity contribution in [3.63, 3.8) is 0 Å². The summed E-state index contributed by atoms with van der Waals surface area (Å²) in [6.07, 6.45) is 0.243. The van der Waals surface area contributed by atoms with Gasteiger partial charge in [0.2, 0.25) is 5.91 Å². The number of amides is 1. The summed E-state index contributed by atoms with van der Waals surface area (Å²) in [6.45, 7) is 5.16. The van der Waals surface area contributed by atoms with E-state index in [4.69, 9.17) is 17.5 Å². The van der Waals surface area contributed by atoms with Gasteiger partial charge in [-0.25, -0.2) is 4.98 Å². The number of alkyl halides is 3. The van der Waals surface area contributed by atoms with Crippen molar-refractivity contribution in [3.8, 4) is 6.07 Å². The number of nitrogens with one attached hydrogen (secondary N) is 2. The largest absolute Gasteiger partial charge is 0.416 e. The topological polar surface area (TPSA) is 86.0 Å². The highest BCUT2D eigenvalue weighted by atomic mass is 32.1. The molecule has 2 aromatic carbocycles. The Morgan fingerprint density at radius 2 is 1.90 bits per heavy atom. The first-order valence-corrected chi connectivity index (χ1v) is 13.5. The zero-order valence-electron chi connectivity index (χ0n) is 22.5. The van der Waals surface area contributed by atoms with Crippen LogP contribution in [0.4, 0.5) is 13.2 Å². The van der Waals surface area contributed by atoms with E-state index in [0.29, 0.717) is 35.9 Å². The van der Waals surface area contributed by atoms with Gasteiger partial charge >= 0.3 is 6.18 Å². The fraction of sp³-hybridized carbons (Fsp3) is 0.379. The summed E-state index contributed by atoms with van der Waals surface area (Å²) >= 11 is 5.54. The summed E-state index contributed by atoms with van der Waals surface area (Å²) in [5.74, 6) is -0.225. The molecule has 0 saturated heterocycles. The highest BCUT2D eigenvalue weighted by molar-refractivity contribution is 7.80. The number of halogens is 3. The predicted octanol–water partition coefficient (Wildman–Crippen LogP) is 5.05. The van der Waals surface area contributed by atoms with Crippen molar-refractivity contribution in [1.29, 1.82) is 5.26 Å². The Labute approximate surface area is 238 Å². The number of imidazole rings is 1. The standard InChI is InChI=1S/C29H33F3N6OS/c1-3-13-35-28(40)37(18-23-7-5-6-8-26(23)29(30,31)32)19-24(4-2)36-27(39)14-25-16-34-20-38(25)17-22-11-9-21(15-33)10-12-22/h5-12,16,20,24H,3-4,13-14,17-19H2,1-2H3,(H,35,40)(H,36,39)/t24-/m0/s1. The zero-order valence-corrected chi connectivity index (χ0v) is 23.4. The predicted molar refractivity (Wildman–Crippen MR) is 151 cm³/mol. The molecule has 0 radical (unpaired) electrons. The second-order valence-electron chi connectivity index (χ2n) is 9.44. The molecule has 0 aliphatic rings. The molecule has 7 nitrogen and oxygen atoms in total. The van der Waals surface area contributed by atoms with Crippen molar-refractivity contribution in [3.05, 3.63) is 89.0 Å². The molecule has 0 fully saturated rings. The molecule has 212 valence electrons. The Bertz CT molecular complexity index is 1320. The van der Waals surface area contributed by atoms with Crippen LogP contribution >= 0.6 is 12.2 Å². The minimum Gasteiger partial charge on any atom is -0.363 e. The number of hydrogen-bond acceptors (Lipinski definition) is 4. The maximum absolute atomic E-state index is 13.6. The number of carbonyl (C=O) groups is 1. The number of thiocarbonyl (C=S) groups is 1. The molecule has 0 aliphatic heterocycles. The van der Waals surface area contributed by atoms with Gasteiger partial charge in [-0.05, 0) is 54.4 Å². The minimum absolute atomic E-state index is 0.0467. The van der Waals surface area contributed by atoms with Gasteiger partial charge in [0.15, 0.2) is 5.11 Å². The first kappa shape index (κ1) is 30.6. The van der Waals surface area contributed by atoms with Gasteiger partial charge in [0, 0.05) is 44.1 Å². The molecule has 1 aromatic heterocycles. The number of nitrogens with zero attached hydrogens (tertiary/aromatic N) is 4. The maximum Gasteiger partial charge on any atom is 0.416 e. The van der Waals surface area contributed by atoms with Gasteiger partial charge in [-0.3, -0.25) is 4.79 Å². The average molecular weight is 571 g/mol. The fourth-order valence-electron chi connectivity index (χ4n) is 4.21. The second-order valence-corrected chi connectivity index (χ2v) is 9.83. The van der Waals surface area contributed by atoms with Crippen LogP contribution in [-0.2, 0) is 30.5 Å². The first-order chi connectivity index (χ1) is 19.1. The van der Waals surface area contributed by atoms with Crippen LogP contribution in [0.15, 0.2) is 61.1 Å². The van der Waals surface area contributed by atoms with Crippen molar-refractivity contribution in [2.45, 2.75) is 58.4 Å². The summed E-state index contributed by atoms with van der Waals surface area (Å²) in [5.41, 5.74) is 1.66. The van der Waals surface area contributed by atoms with Crippen molar-refractivity contribution in [2.75, 3.05) is 13.1 Å². The van der Waals surface area contributed by atoms with E-state index >= 15 is 0 Å². The molecule has 3 rings (SSSR count). The Morgan fingerprint density at radius 3 is 2.55 bits per heavy atom. The lowest BCUT2D eigenvalue weighted by Gasteiger charge is -2.31. The van der Waals surface area contributed by atoms with Crippen LogP contribution in [0.2, 0.25) is 0 Å². The summed E-state index contributed by atoms with van der Waals surface area (Å²) in [4.78, 5) is 18.9. The van der Waals surface area contributed by atoms with E-state index < -0.39 is 11.7 Å². The molecule has 1 heterocycles. The van der Waals surface area contributed by atoms with Gasteiger partial charge in [0.05, 0.1) is 29.9 Å². The minimum atomic E-state index is -4.49. The number of benzene rings is 2. The Balaban J connectivity index is 1.69. The molecule has 1 atom stereocenters. The highest BCUT2D eigenvalue weighted by Gasteiger charge is 2.33. The molecule has 0 spiro atoms. The van der Waals surface area contributed by atoms with Gasteiger partial charge < -0.3 is 20.1 Å². The molecule has 2 N–H and O–H groups in total. The van der Waals surface area contributed by atoms with E-state index in [2.05, 4.69) is 21.7 Å². The monoisotopic (exact) mass is 570 g/mol. The van der Waals surface area contributed by atoms with Crippen molar-refractivity contribution in [2.24, 2.45) is 0 Å². The highest BCUT2D eigenvalue weighted by Crippen LogP contribution is 2.32. The first-order valence-electron chi connectivity index (χ1n) is 13.1. The second kappa shape index (κ2) is 14.5. The van der Waals surface area contributed by atoms with E-state index in [9.17, 15) is 18.0 Å². The molecule has 0 aliphatic carbocycles. The lowest BCUT2D eigenvalue weighted by molar-refractivity contribution is -0.138. The molecular formula is C29H33F3N6OS. The number of aromatic nitrogens is 2. The van der Waals surface area contributed by atoms with Crippen LogP contribution in [0.1, 0.15) is 54.6 Å². The summed E-state index contributed by atoms with van der Waals surface area (Å²) < 4.78 is 42.8. The fourth-order valence-corrected chi connectivity index (χ4v) is 4.45. The molecular weight excluding hydrogens is 537 g/mol. The third-order valence-corrected chi connectivity index (χ3v) is 6.77. The number of nitriles is 1. The average Bonchev–Trinajstić information content (AvgIpc) is 3.36. The van der Waals surface area contributed by atoms with Crippen molar-refractivity contribution >= 4 is 23.2 Å². The molecule has 40 heavy (non-hydrogen) atoms. The van der Waals surface area contributed by atoms with Crippen LogP contribution in [-0.4, -0.2) is 44.6 Å². The smallest absolute Gasteiger partial charge is 0.363 e. The Kier molecular flexibility index (Phi) is 11.1. The Morgan fingerprint density at radius 1 is 1.18 bits per heavy atom. The van der Waals surface area contributed by atoms with Gasteiger partial charge in [-0.2, -0.15) is 18.4 Å². The van der Waals surface area contributed by atoms with Crippen molar-refractivity contribution in [1.82, 2.24) is 25.1 Å². The van der Waals surface area contributed by atoms with Crippen LogP contribution in [0.5, 0.6) is 0 Å². The van der Waals surface area contributed by atoms with E-state index in [1.54, 1.807) is 35.6 Å². The maximum atomic E-state index is 13.6. The number of rotatable bonds is 12. The third-order valence-electron chi connectivity index (χ3n) is 6.37. The van der Waals surface area contributed by atoms with Crippen LogP contribution in [0, 0.1) is 11.3 Å². The lowest BCUT2D eigenvalue weighted by Crippen LogP contribution is -2.48.